The number of aryl methyl sites for hydroxylation is 1. The second kappa shape index (κ2) is 14.6. The predicted octanol–water partition coefficient (Wildman–Crippen LogP) is 7.47. The summed E-state index contributed by atoms with van der Waals surface area (Å²) in [6.45, 7) is 26.0. The van der Waals surface area contributed by atoms with Gasteiger partial charge in [0.25, 0.3) is 0 Å². The van der Waals surface area contributed by atoms with Crippen molar-refractivity contribution in [3.63, 3.8) is 0 Å². The Kier molecular flexibility index (Phi) is 15.3. The van der Waals surface area contributed by atoms with Gasteiger partial charge in [0.1, 0.15) is 0 Å². The fourth-order valence-corrected chi connectivity index (χ4v) is 5.43. The van der Waals surface area contributed by atoms with Crippen molar-refractivity contribution in [2.75, 3.05) is 0 Å². The average Bonchev–Trinajstić information content (AvgIpc) is 2.99. The molecule has 2 N–H and O–H groups in total. The van der Waals surface area contributed by atoms with Crippen LogP contribution in [-0.4, -0.2) is 5.48 Å². The summed E-state index contributed by atoms with van der Waals surface area (Å²) in [4.78, 5) is 0. The molecule has 2 heteroatoms. The van der Waals surface area contributed by atoms with Crippen LogP contribution in [0.4, 0.5) is 0 Å². The molecule has 1 nitrogen and oxygen atoms in total. The van der Waals surface area contributed by atoms with Gasteiger partial charge in [0.05, 0.1) is 0 Å². The van der Waals surface area contributed by atoms with Gasteiger partial charge in [0.15, 0.2) is 0 Å². The van der Waals surface area contributed by atoms with Crippen LogP contribution in [0.1, 0.15) is 80.4 Å². The Morgan fingerprint density at radius 2 is 0.710 bits per heavy atom. The molecule has 31 heavy (non-hydrogen) atoms. The van der Waals surface area contributed by atoms with Gasteiger partial charge in [-0.05, 0) is 66.1 Å². The van der Waals surface area contributed by atoms with Gasteiger partial charge in [0.2, 0.25) is 0 Å². The van der Waals surface area contributed by atoms with E-state index in [1.165, 1.54) is 5.56 Å². The van der Waals surface area contributed by atoms with E-state index in [0.29, 0.717) is 0 Å². The summed E-state index contributed by atoms with van der Waals surface area (Å²) < 4.78 is 0. The maximum absolute atomic E-state index is 6.76. The summed E-state index contributed by atoms with van der Waals surface area (Å²) in [5.74, 6) is 11.7. The van der Waals surface area contributed by atoms with Crippen molar-refractivity contribution in [1.82, 2.24) is 0 Å². The molecule has 2 aliphatic carbocycles. The molecule has 2 saturated carbocycles. The van der Waals surface area contributed by atoms with E-state index in [2.05, 4.69) is 75.2 Å². The van der Waals surface area contributed by atoms with Gasteiger partial charge in [-0.15, -0.1) is 17.7 Å². The summed E-state index contributed by atoms with van der Waals surface area (Å²) in [6, 6.07) is 7.69. The van der Waals surface area contributed by atoms with E-state index < -0.39 is 0 Å². The fraction of sp³-hybridized carbons (Fsp3) is 0.724. The smallest absolute Gasteiger partial charge is 0.412 e. The van der Waals surface area contributed by atoms with Crippen LogP contribution in [0.3, 0.4) is 0 Å². The van der Waals surface area contributed by atoms with Crippen molar-refractivity contribution in [2.24, 2.45) is 59.2 Å². The zero-order valence-electron chi connectivity index (χ0n) is 22.1. The molecule has 2 aliphatic rings. The summed E-state index contributed by atoms with van der Waals surface area (Å²) >= 11 is 0. The van der Waals surface area contributed by atoms with Crippen LogP contribution in [-0.2, 0) is 21.7 Å². The minimum atomic E-state index is 0. The topological polar surface area (TPSA) is 31.5 Å². The van der Waals surface area contributed by atoms with Gasteiger partial charge in [-0.25, -0.2) is 0 Å². The Morgan fingerprint density at radius 1 is 0.516 bits per heavy atom. The first-order valence-electron chi connectivity index (χ1n) is 11.9. The molecular weight excluding hydrogens is 412 g/mol. The van der Waals surface area contributed by atoms with Gasteiger partial charge in [-0.1, -0.05) is 86.9 Å². The van der Waals surface area contributed by atoms with Crippen molar-refractivity contribution in [3.05, 3.63) is 41.8 Å². The summed E-state index contributed by atoms with van der Waals surface area (Å²) in [5.41, 5.74) is 2.05. The van der Waals surface area contributed by atoms with E-state index in [1.807, 2.05) is 31.2 Å². The van der Waals surface area contributed by atoms with E-state index in [9.17, 15) is 0 Å². The van der Waals surface area contributed by atoms with Crippen LogP contribution in [0.5, 0.6) is 0 Å². The quantitative estimate of drug-likeness (QED) is 0.218. The molecule has 1 radical (unpaired) electrons. The Labute approximate surface area is 209 Å². The summed E-state index contributed by atoms with van der Waals surface area (Å²) in [6.07, 6.45) is 6.76. The number of hydrogen-bond donors (Lipinski definition) is 0. The molecule has 1 aromatic rings. The minimum absolute atomic E-state index is 0. The summed E-state index contributed by atoms with van der Waals surface area (Å²) in [7, 11) is 0. The van der Waals surface area contributed by atoms with Gasteiger partial charge in [-0.3, -0.25) is 5.92 Å². The van der Waals surface area contributed by atoms with Crippen molar-refractivity contribution in [3.8, 4) is 5.92 Å². The average molecular weight is 462 g/mol. The Balaban J connectivity index is 0. The first-order valence-corrected chi connectivity index (χ1v) is 11.9. The number of hydrogen-bond acceptors (Lipinski definition) is 0. The third-order valence-electron chi connectivity index (χ3n) is 9.49. The van der Waals surface area contributed by atoms with Crippen molar-refractivity contribution >= 4 is 0 Å². The van der Waals surface area contributed by atoms with Gasteiger partial charge < -0.3 is 11.9 Å². The molecule has 0 heterocycles. The fourth-order valence-electron chi connectivity index (χ4n) is 5.43. The Hall–Kier alpha value is -0.546. The third kappa shape index (κ3) is 8.39. The van der Waals surface area contributed by atoms with Gasteiger partial charge in [0, 0.05) is 0 Å². The van der Waals surface area contributed by atoms with E-state index in [0.717, 1.165) is 64.7 Å². The third-order valence-corrected chi connectivity index (χ3v) is 9.49. The number of rotatable bonds is 0. The molecule has 1 aromatic carbocycles. The van der Waals surface area contributed by atoms with Crippen LogP contribution in [0, 0.1) is 78.4 Å². The SMILES string of the molecule is CC1C(C)C(C)C(C)C1C.CC1C(C)C(C)C(C)C1C.O.[C-]#Cc1ccc(C)cc1.[Ti+3]. The second-order valence-corrected chi connectivity index (χ2v) is 10.6. The first-order chi connectivity index (χ1) is 13.4. The molecule has 0 aromatic heterocycles. The van der Waals surface area contributed by atoms with E-state index in [-0.39, 0.29) is 27.2 Å². The minimum Gasteiger partial charge on any atom is -0.412 e. The van der Waals surface area contributed by atoms with Gasteiger partial charge >= 0.3 is 21.7 Å². The maximum atomic E-state index is 6.76. The van der Waals surface area contributed by atoms with Crippen LogP contribution < -0.4 is 0 Å². The van der Waals surface area contributed by atoms with Gasteiger partial charge in [-0.2, -0.15) is 0 Å². The molecule has 0 unspecified atom stereocenters. The molecule has 0 spiro atoms. The van der Waals surface area contributed by atoms with E-state index in [1.54, 1.807) is 0 Å². The van der Waals surface area contributed by atoms with Crippen LogP contribution in [0.2, 0.25) is 0 Å². The predicted molar refractivity (Wildman–Crippen MR) is 133 cm³/mol. The zero-order chi connectivity index (χ0) is 22.5. The van der Waals surface area contributed by atoms with E-state index in [4.69, 9.17) is 6.42 Å². The standard InChI is InChI=1S/2C10H20.C9H7.H2O.Ti/c2*1-6-7(2)9(4)10(5)8(6)3;1-3-9-6-4-8(2)5-7-9;;/h2*6-10H,1-5H3;4-7H,2H3;1H2;/q;;-1;;+3. The van der Waals surface area contributed by atoms with E-state index >= 15 is 0 Å². The monoisotopic (exact) mass is 461 g/mol. The first kappa shape index (κ1) is 32.6. The molecule has 0 aliphatic heterocycles. The molecule has 2 fully saturated rings. The zero-order valence-corrected chi connectivity index (χ0v) is 23.6. The van der Waals surface area contributed by atoms with Crippen LogP contribution >= 0.6 is 0 Å². The second-order valence-electron chi connectivity index (χ2n) is 10.6. The maximum Gasteiger partial charge on any atom is 3.00 e. The molecule has 0 saturated heterocycles. The van der Waals surface area contributed by atoms with Crippen molar-refractivity contribution in [1.29, 1.82) is 0 Å². The van der Waals surface area contributed by atoms with Crippen molar-refractivity contribution < 1.29 is 27.2 Å². The van der Waals surface area contributed by atoms with Crippen molar-refractivity contribution in [2.45, 2.75) is 76.2 Å². The molecule has 0 bridgehead atoms. The molecule has 0 amide bonds. The normalized spacial score (nSPS) is 38.3. The Bertz CT molecular complexity index is 526. The Morgan fingerprint density at radius 3 is 0.871 bits per heavy atom. The molecule has 173 valence electrons. The molecular formula is C29H49OTi+2. The molecule has 3 rings (SSSR count). The largest absolute Gasteiger partial charge is 3.00 e. The molecule has 0 atom stereocenters. The van der Waals surface area contributed by atoms with Crippen LogP contribution in [0.25, 0.3) is 0 Å². The summed E-state index contributed by atoms with van der Waals surface area (Å²) in [5, 5.41) is 0. The van der Waals surface area contributed by atoms with Crippen LogP contribution in [0.15, 0.2) is 24.3 Å². The number of benzene rings is 1.